The Kier molecular flexibility index (Phi) is 8.64. The quantitative estimate of drug-likeness (QED) is 0.167. The molecule has 0 unspecified atom stereocenters. The van der Waals surface area contributed by atoms with Gasteiger partial charge in [-0.3, -0.25) is 0 Å². The van der Waals surface area contributed by atoms with Gasteiger partial charge in [-0.05, 0) is 118 Å². The van der Waals surface area contributed by atoms with Crippen molar-refractivity contribution < 1.29 is 8.83 Å². The molecule has 16 aromatic rings. The zero-order chi connectivity index (χ0) is 48.4. The Bertz CT molecular complexity index is 4950. The average Bonchev–Trinajstić information content (AvgIpc) is 4.23. The molecule has 0 N–H and O–H groups in total. The number of aromatic nitrogens is 4. The van der Waals surface area contributed by atoms with Crippen LogP contribution in [-0.4, -0.2) is 19.1 Å². The molecule has 0 aliphatic carbocycles. The molecule has 0 amide bonds. The second kappa shape index (κ2) is 15.7. The standard InChI is InChI=1S/C68H40N4O2/c1-4-16-41(17-5-1)45-30-35-62-55(39-45)64-65(42-18-6-2-7-19-42)69-67(70-68(64)74-62)51-31-34-59(63-50-25-13-15-27-61(50)73-66(51)63)72-58-33-29-47(38-53(58)54-36-43-20-10-11-21-44(43)40-60(54)72)46-28-32-57-52(37-46)49-24-12-14-26-56(49)71(57)48-22-8-3-9-23-48/h1-40H. The highest BCUT2D eigenvalue weighted by molar-refractivity contribution is 6.20. The largest absolute Gasteiger partial charge is 0.455 e. The molecule has 0 bridgehead atoms. The molecule has 0 fully saturated rings. The van der Waals surface area contributed by atoms with Crippen LogP contribution in [0.4, 0.5) is 0 Å². The highest BCUT2D eigenvalue weighted by Crippen LogP contribution is 2.46. The molecule has 5 heterocycles. The highest BCUT2D eigenvalue weighted by Gasteiger charge is 2.25. The highest BCUT2D eigenvalue weighted by atomic mass is 16.3. The van der Waals surface area contributed by atoms with E-state index in [-0.39, 0.29) is 0 Å². The molecule has 0 atom stereocenters. The van der Waals surface area contributed by atoms with E-state index in [1.807, 2.05) is 30.3 Å². The number of fused-ring (bicyclic) bond motifs is 13. The second-order valence-corrected chi connectivity index (χ2v) is 19.3. The zero-order valence-electron chi connectivity index (χ0n) is 39.7. The molecule has 6 nitrogen and oxygen atoms in total. The van der Waals surface area contributed by atoms with Crippen LogP contribution in [-0.2, 0) is 0 Å². The molecule has 11 aromatic carbocycles. The third-order valence-electron chi connectivity index (χ3n) is 15.1. The molecular weight excluding hydrogens is 905 g/mol. The van der Waals surface area contributed by atoms with Gasteiger partial charge in [0.2, 0.25) is 5.71 Å². The summed E-state index contributed by atoms with van der Waals surface area (Å²) in [4.78, 5) is 10.7. The summed E-state index contributed by atoms with van der Waals surface area (Å²) in [6.07, 6.45) is 0. The maximum absolute atomic E-state index is 7.00. The van der Waals surface area contributed by atoms with Gasteiger partial charge in [-0.2, -0.15) is 4.98 Å². The first-order chi connectivity index (χ1) is 36.7. The predicted octanol–water partition coefficient (Wildman–Crippen LogP) is 18.3. The summed E-state index contributed by atoms with van der Waals surface area (Å²) in [7, 11) is 0. The van der Waals surface area contributed by atoms with Gasteiger partial charge in [-0.1, -0.05) is 158 Å². The van der Waals surface area contributed by atoms with Crippen molar-refractivity contribution >= 4 is 98.4 Å². The lowest BCUT2D eigenvalue weighted by Gasteiger charge is -2.13. The van der Waals surface area contributed by atoms with Gasteiger partial charge in [0.1, 0.15) is 16.7 Å². The Morgan fingerprint density at radius 2 is 0.892 bits per heavy atom. The van der Waals surface area contributed by atoms with E-state index in [0.29, 0.717) is 17.1 Å². The summed E-state index contributed by atoms with van der Waals surface area (Å²) in [5.74, 6) is 0.524. The van der Waals surface area contributed by atoms with Gasteiger partial charge >= 0.3 is 0 Å². The van der Waals surface area contributed by atoms with Crippen LogP contribution in [0.3, 0.4) is 0 Å². The maximum Gasteiger partial charge on any atom is 0.231 e. The molecule has 0 radical (unpaired) electrons. The fourth-order valence-corrected chi connectivity index (χ4v) is 11.7. The van der Waals surface area contributed by atoms with Crippen LogP contribution < -0.4 is 0 Å². The van der Waals surface area contributed by atoms with E-state index in [0.717, 1.165) is 94.2 Å². The molecule has 0 saturated carbocycles. The fraction of sp³-hybridized carbons (Fsp3) is 0. The smallest absolute Gasteiger partial charge is 0.231 e. The fourth-order valence-electron chi connectivity index (χ4n) is 11.7. The van der Waals surface area contributed by atoms with Crippen LogP contribution in [0, 0.1) is 0 Å². The summed E-state index contributed by atoms with van der Waals surface area (Å²) in [6, 6.07) is 86.3. The van der Waals surface area contributed by atoms with Gasteiger partial charge in [0, 0.05) is 43.6 Å². The van der Waals surface area contributed by atoms with E-state index in [1.165, 1.54) is 43.4 Å². The Morgan fingerprint density at radius 1 is 0.324 bits per heavy atom. The molecule has 344 valence electrons. The first-order valence-electron chi connectivity index (χ1n) is 25.0. The number of nitrogens with zero attached hydrogens (tertiary/aromatic N) is 4. The Labute approximate surface area is 423 Å². The van der Waals surface area contributed by atoms with Crippen molar-refractivity contribution in [3.05, 3.63) is 243 Å². The number of para-hydroxylation sites is 3. The van der Waals surface area contributed by atoms with Crippen LogP contribution in [0.1, 0.15) is 0 Å². The van der Waals surface area contributed by atoms with E-state index in [1.54, 1.807) is 0 Å². The zero-order valence-corrected chi connectivity index (χ0v) is 39.7. The SMILES string of the molecule is c1ccc(-c2ccc3oc4nc(-c5ccc(-n6c7ccc(-c8ccc9c(c8)c8ccccc8n9-c8ccccc8)cc7c7cc8ccccc8cc76)c6c5oc5ccccc56)nc(-c5ccccc5)c4c3c2)cc1. The summed E-state index contributed by atoms with van der Waals surface area (Å²) >= 11 is 0. The van der Waals surface area contributed by atoms with Crippen molar-refractivity contribution in [3.8, 4) is 56.3 Å². The molecule has 0 spiro atoms. The van der Waals surface area contributed by atoms with Crippen molar-refractivity contribution in [3.63, 3.8) is 0 Å². The third-order valence-corrected chi connectivity index (χ3v) is 15.1. The number of hydrogen-bond acceptors (Lipinski definition) is 4. The van der Waals surface area contributed by atoms with Gasteiger partial charge in [-0.25, -0.2) is 4.98 Å². The monoisotopic (exact) mass is 944 g/mol. The van der Waals surface area contributed by atoms with E-state index in [2.05, 4.69) is 221 Å². The minimum absolute atomic E-state index is 0.522. The van der Waals surface area contributed by atoms with Gasteiger partial charge in [0.25, 0.3) is 0 Å². The second-order valence-electron chi connectivity index (χ2n) is 19.3. The molecule has 0 aliphatic rings. The molecule has 5 aromatic heterocycles. The van der Waals surface area contributed by atoms with E-state index in [9.17, 15) is 0 Å². The third kappa shape index (κ3) is 6.06. The molecule has 74 heavy (non-hydrogen) atoms. The Morgan fingerprint density at radius 3 is 1.68 bits per heavy atom. The number of hydrogen-bond donors (Lipinski definition) is 0. The van der Waals surface area contributed by atoms with Crippen LogP contribution in [0.5, 0.6) is 0 Å². The average molecular weight is 945 g/mol. The lowest BCUT2D eigenvalue weighted by atomic mass is 10.00. The van der Waals surface area contributed by atoms with E-state index < -0.39 is 0 Å². The van der Waals surface area contributed by atoms with Crippen molar-refractivity contribution in [2.45, 2.75) is 0 Å². The van der Waals surface area contributed by atoms with Crippen molar-refractivity contribution in [2.75, 3.05) is 0 Å². The first kappa shape index (κ1) is 40.7. The Balaban J connectivity index is 0.920. The summed E-state index contributed by atoms with van der Waals surface area (Å²) < 4.78 is 18.5. The van der Waals surface area contributed by atoms with Crippen LogP contribution in [0.2, 0.25) is 0 Å². The topological polar surface area (TPSA) is 61.9 Å². The molecule has 6 heteroatoms. The summed E-state index contributed by atoms with van der Waals surface area (Å²) in [5, 5.41) is 11.0. The van der Waals surface area contributed by atoms with Crippen LogP contribution in [0.15, 0.2) is 251 Å². The number of benzene rings is 11. The van der Waals surface area contributed by atoms with E-state index in [4.69, 9.17) is 18.8 Å². The molecule has 0 aliphatic heterocycles. The number of rotatable bonds is 6. The lowest BCUT2D eigenvalue weighted by Crippen LogP contribution is -1.98. The molecule has 0 saturated heterocycles. The normalized spacial score (nSPS) is 12.1. The van der Waals surface area contributed by atoms with Gasteiger partial charge < -0.3 is 18.0 Å². The van der Waals surface area contributed by atoms with E-state index >= 15 is 0 Å². The molecule has 16 rings (SSSR count). The summed E-state index contributed by atoms with van der Waals surface area (Å²) in [5.41, 5.74) is 16.6. The number of furan rings is 2. The predicted molar refractivity (Wildman–Crippen MR) is 305 cm³/mol. The maximum atomic E-state index is 7.00. The van der Waals surface area contributed by atoms with Crippen molar-refractivity contribution in [1.82, 2.24) is 19.1 Å². The lowest BCUT2D eigenvalue weighted by molar-refractivity contribution is 0.653. The van der Waals surface area contributed by atoms with Crippen molar-refractivity contribution in [2.24, 2.45) is 0 Å². The van der Waals surface area contributed by atoms with Crippen molar-refractivity contribution in [1.29, 1.82) is 0 Å². The Hall–Kier alpha value is -10.0. The molecular formula is C68H40N4O2. The first-order valence-corrected chi connectivity index (χ1v) is 25.0. The van der Waals surface area contributed by atoms with Gasteiger partial charge in [-0.15, -0.1) is 0 Å². The van der Waals surface area contributed by atoms with Gasteiger partial charge in [0.05, 0.1) is 49.8 Å². The van der Waals surface area contributed by atoms with Crippen LogP contribution >= 0.6 is 0 Å². The van der Waals surface area contributed by atoms with Gasteiger partial charge in [0.15, 0.2) is 5.82 Å². The summed E-state index contributed by atoms with van der Waals surface area (Å²) in [6.45, 7) is 0. The minimum Gasteiger partial charge on any atom is -0.455 e. The minimum atomic E-state index is 0.522. The van der Waals surface area contributed by atoms with Crippen LogP contribution in [0.25, 0.3) is 155 Å².